The molecule has 0 fully saturated rings. The van der Waals surface area contributed by atoms with Gasteiger partial charge in [0.15, 0.2) is 5.96 Å². The molecule has 3 N–H and O–H groups in total. The van der Waals surface area contributed by atoms with Gasteiger partial charge in [-0.3, -0.25) is 9.79 Å². The third kappa shape index (κ3) is 7.49. The minimum atomic E-state index is 0.0698. The summed E-state index contributed by atoms with van der Waals surface area (Å²) in [6, 6.07) is 8.78. The summed E-state index contributed by atoms with van der Waals surface area (Å²) in [6.07, 6.45) is 1.39. The number of aliphatic imine (C=N–C) groups is 1. The molecule has 0 spiro atoms. The Balaban J connectivity index is 2.34. The second kappa shape index (κ2) is 10.7. The third-order valence-corrected chi connectivity index (χ3v) is 4.07. The fourth-order valence-electron chi connectivity index (χ4n) is 2.31. The fraction of sp³-hybridized carbons (Fsp3) is 0.579. The standard InChI is InChI=1S/C19H32N4O/c1-6-16(4)23-18(24)10-11-21-19(20-5)22-13-15(3)17-9-7-8-14(2)12-17/h7-9,12,15-16H,6,10-11,13H2,1-5H3,(H,23,24)(H2,20,21,22). The lowest BCUT2D eigenvalue weighted by Gasteiger charge is -2.17. The van der Waals surface area contributed by atoms with Crippen LogP contribution in [0.2, 0.25) is 0 Å². The third-order valence-electron chi connectivity index (χ3n) is 4.07. The van der Waals surface area contributed by atoms with E-state index in [1.54, 1.807) is 7.05 Å². The van der Waals surface area contributed by atoms with Gasteiger partial charge in [0.1, 0.15) is 0 Å². The van der Waals surface area contributed by atoms with Gasteiger partial charge in [-0.25, -0.2) is 0 Å². The van der Waals surface area contributed by atoms with Gasteiger partial charge in [0.25, 0.3) is 0 Å². The first-order chi connectivity index (χ1) is 11.5. The summed E-state index contributed by atoms with van der Waals surface area (Å²) in [4.78, 5) is 16.0. The van der Waals surface area contributed by atoms with E-state index in [-0.39, 0.29) is 11.9 Å². The van der Waals surface area contributed by atoms with E-state index in [9.17, 15) is 4.79 Å². The van der Waals surface area contributed by atoms with Gasteiger partial charge in [0, 0.05) is 32.6 Å². The van der Waals surface area contributed by atoms with E-state index in [0.29, 0.717) is 18.9 Å². The van der Waals surface area contributed by atoms with Gasteiger partial charge in [0.05, 0.1) is 0 Å². The Bertz CT molecular complexity index is 542. The van der Waals surface area contributed by atoms with E-state index in [4.69, 9.17) is 0 Å². The SMILES string of the molecule is CCC(C)NC(=O)CCNC(=NC)NCC(C)c1cccc(C)c1. The van der Waals surface area contributed by atoms with Crippen LogP contribution in [0.1, 0.15) is 50.7 Å². The normalized spacial score (nSPS) is 14.0. The summed E-state index contributed by atoms with van der Waals surface area (Å²) < 4.78 is 0. The fourth-order valence-corrected chi connectivity index (χ4v) is 2.31. The summed E-state index contributed by atoms with van der Waals surface area (Å²) in [5.74, 6) is 1.18. The lowest BCUT2D eigenvalue weighted by Crippen LogP contribution is -2.41. The highest BCUT2D eigenvalue weighted by Gasteiger charge is 2.08. The average Bonchev–Trinajstić information content (AvgIpc) is 2.57. The lowest BCUT2D eigenvalue weighted by molar-refractivity contribution is -0.121. The molecule has 0 aliphatic heterocycles. The Hall–Kier alpha value is -2.04. The molecule has 0 bridgehead atoms. The minimum absolute atomic E-state index is 0.0698. The van der Waals surface area contributed by atoms with Crippen LogP contribution in [0.15, 0.2) is 29.3 Å². The molecule has 134 valence electrons. The summed E-state index contributed by atoms with van der Waals surface area (Å²) in [5.41, 5.74) is 2.58. The van der Waals surface area contributed by atoms with Crippen molar-refractivity contribution in [1.82, 2.24) is 16.0 Å². The van der Waals surface area contributed by atoms with Crippen LogP contribution in [0.25, 0.3) is 0 Å². The van der Waals surface area contributed by atoms with Crippen molar-refractivity contribution in [2.24, 2.45) is 4.99 Å². The van der Waals surface area contributed by atoms with Gasteiger partial charge < -0.3 is 16.0 Å². The highest BCUT2D eigenvalue weighted by Crippen LogP contribution is 2.15. The molecule has 0 saturated heterocycles. The number of aryl methyl sites for hydroxylation is 1. The van der Waals surface area contributed by atoms with Gasteiger partial charge in [-0.15, -0.1) is 0 Å². The molecule has 5 nitrogen and oxygen atoms in total. The number of carbonyl (C=O) groups excluding carboxylic acids is 1. The molecule has 0 saturated carbocycles. The number of benzene rings is 1. The van der Waals surface area contributed by atoms with Crippen molar-refractivity contribution in [2.75, 3.05) is 20.1 Å². The zero-order chi connectivity index (χ0) is 17.9. The number of hydrogen-bond acceptors (Lipinski definition) is 2. The molecular weight excluding hydrogens is 300 g/mol. The number of nitrogens with zero attached hydrogens (tertiary/aromatic N) is 1. The molecule has 1 amide bonds. The van der Waals surface area contributed by atoms with E-state index < -0.39 is 0 Å². The van der Waals surface area contributed by atoms with Crippen molar-refractivity contribution < 1.29 is 4.79 Å². The van der Waals surface area contributed by atoms with Crippen molar-refractivity contribution in [3.8, 4) is 0 Å². The largest absolute Gasteiger partial charge is 0.356 e. The molecule has 24 heavy (non-hydrogen) atoms. The van der Waals surface area contributed by atoms with Crippen molar-refractivity contribution >= 4 is 11.9 Å². The van der Waals surface area contributed by atoms with Gasteiger partial charge in [-0.05, 0) is 31.7 Å². The van der Waals surface area contributed by atoms with Crippen molar-refractivity contribution in [2.45, 2.75) is 52.5 Å². The first kappa shape index (κ1) is 20.0. The van der Waals surface area contributed by atoms with Gasteiger partial charge in [0.2, 0.25) is 5.91 Å². The Labute approximate surface area is 146 Å². The van der Waals surface area contributed by atoms with Crippen LogP contribution >= 0.6 is 0 Å². The van der Waals surface area contributed by atoms with E-state index in [2.05, 4.69) is 66.0 Å². The quantitative estimate of drug-likeness (QED) is 0.506. The monoisotopic (exact) mass is 332 g/mol. The van der Waals surface area contributed by atoms with Gasteiger partial charge in [-0.2, -0.15) is 0 Å². The second-order valence-electron chi connectivity index (χ2n) is 6.32. The smallest absolute Gasteiger partial charge is 0.221 e. The first-order valence-corrected chi connectivity index (χ1v) is 8.76. The zero-order valence-electron chi connectivity index (χ0n) is 15.6. The van der Waals surface area contributed by atoms with Gasteiger partial charge in [-0.1, -0.05) is 43.7 Å². The summed E-state index contributed by atoms with van der Waals surface area (Å²) in [7, 11) is 1.74. The maximum absolute atomic E-state index is 11.8. The summed E-state index contributed by atoms with van der Waals surface area (Å²) in [5, 5.41) is 9.47. The molecule has 1 aromatic rings. The molecule has 0 heterocycles. The summed E-state index contributed by atoms with van der Waals surface area (Å²) >= 11 is 0. The van der Waals surface area contributed by atoms with Crippen LogP contribution in [0.4, 0.5) is 0 Å². The zero-order valence-corrected chi connectivity index (χ0v) is 15.6. The number of hydrogen-bond donors (Lipinski definition) is 3. The Morgan fingerprint density at radius 1 is 1.25 bits per heavy atom. The molecule has 0 aliphatic carbocycles. The highest BCUT2D eigenvalue weighted by atomic mass is 16.1. The number of nitrogens with one attached hydrogen (secondary N) is 3. The van der Waals surface area contributed by atoms with Crippen LogP contribution < -0.4 is 16.0 Å². The topological polar surface area (TPSA) is 65.5 Å². The van der Waals surface area contributed by atoms with E-state index in [1.807, 2.05) is 6.92 Å². The number of rotatable bonds is 8. The van der Waals surface area contributed by atoms with Crippen LogP contribution in [-0.4, -0.2) is 38.0 Å². The average molecular weight is 332 g/mol. The van der Waals surface area contributed by atoms with Crippen LogP contribution in [0.5, 0.6) is 0 Å². The Kier molecular flexibility index (Phi) is 8.90. The molecular formula is C19H32N4O. The van der Waals surface area contributed by atoms with Crippen LogP contribution in [-0.2, 0) is 4.79 Å². The number of carbonyl (C=O) groups is 1. The maximum Gasteiger partial charge on any atom is 0.221 e. The van der Waals surface area contributed by atoms with Crippen molar-refractivity contribution in [3.63, 3.8) is 0 Å². The lowest BCUT2D eigenvalue weighted by atomic mass is 9.99. The van der Waals surface area contributed by atoms with Crippen LogP contribution in [0.3, 0.4) is 0 Å². The molecule has 0 aromatic heterocycles. The number of guanidine groups is 1. The van der Waals surface area contributed by atoms with E-state index in [1.165, 1.54) is 11.1 Å². The first-order valence-electron chi connectivity index (χ1n) is 8.76. The minimum Gasteiger partial charge on any atom is -0.356 e. The van der Waals surface area contributed by atoms with Crippen LogP contribution in [0, 0.1) is 6.92 Å². The maximum atomic E-state index is 11.8. The molecule has 5 heteroatoms. The predicted molar refractivity (Wildman–Crippen MR) is 101 cm³/mol. The number of amides is 1. The molecule has 1 rings (SSSR count). The molecule has 2 unspecified atom stereocenters. The highest BCUT2D eigenvalue weighted by molar-refractivity contribution is 5.81. The Morgan fingerprint density at radius 2 is 2.00 bits per heavy atom. The van der Waals surface area contributed by atoms with Crippen molar-refractivity contribution in [1.29, 1.82) is 0 Å². The second-order valence-corrected chi connectivity index (χ2v) is 6.32. The molecule has 2 atom stereocenters. The molecule has 0 aliphatic rings. The van der Waals surface area contributed by atoms with E-state index in [0.717, 1.165) is 18.9 Å². The van der Waals surface area contributed by atoms with Gasteiger partial charge >= 0.3 is 0 Å². The Morgan fingerprint density at radius 3 is 2.62 bits per heavy atom. The molecule has 1 aromatic carbocycles. The predicted octanol–water partition coefficient (Wildman–Crippen LogP) is 2.57. The molecule has 0 radical (unpaired) electrons. The van der Waals surface area contributed by atoms with E-state index >= 15 is 0 Å². The van der Waals surface area contributed by atoms with Crippen molar-refractivity contribution in [3.05, 3.63) is 35.4 Å². The summed E-state index contributed by atoms with van der Waals surface area (Å²) in [6.45, 7) is 9.73.